The van der Waals surface area contributed by atoms with Crippen molar-refractivity contribution in [3.63, 3.8) is 0 Å². The minimum atomic E-state index is 0.230. The number of rotatable bonds is 0. The van der Waals surface area contributed by atoms with E-state index in [1.807, 2.05) is 0 Å². The lowest BCUT2D eigenvalue weighted by Crippen LogP contribution is -2.39. The Labute approximate surface area is 82.2 Å². The standard InChI is InChI=1S/C12H22O/c1-8-7-11(12(4,5)6)13-10(3)9(8)2/h8,10-11H,2,7H2,1,3-6H3. The Morgan fingerprint density at radius 2 is 1.85 bits per heavy atom. The summed E-state index contributed by atoms with van der Waals surface area (Å²) in [5.41, 5.74) is 1.50. The van der Waals surface area contributed by atoms with Gasteiger partial charge in [0.2, 0.25) is 0 Å². The SMILES string of the molecule is C=C1C(C)CC(C(C)(C)C)OC1C. The average molecular weight is 182 g/mol. The molecule has 3 atom stereocenters. The lowest BCUT2D eigenvalue weighted by molar-refractivity contribution is -0.0783. The van der Waals surface area contributed by atoms with Gasteiger partial charge in [0.25, 0.3) is 0 Å². The van der Waals surface area contributed by atoms with Crippen LogP contribution in [0.2, 0.25) is 0 Å². The molecule has 1 nitrogen and oxygen atoms in total. The predicted molar refractivity (Wildman–Crippen MR) is 56.7 cm³/mol. The third kappa shape index (κ3) is 2.34. The van der Waals surface area contributed by atoms with E-state index < -0.39 is 0 Å². The highest BCUT2D eigenvalue weighted by Crippen LogP contribution is 2.36. The summed E-state index contributed by atoms with van der Waals surface area (Å²) < 4.78 is 5.93. The maximum Gasteiger partial charge on any atom is 0.0760 e. The molecular formula is C12H22O. The van der Waals surface area contributed by atoms with Crippen LogP contribution in [0.1, 0.15) is 41.0 Å². The summed E-state index contributed by atoms with van der Waals surface area (Å²) in [7, 11) is 0. The van der Waals surface area contributed by atoms with Crippen molar-refractivity contribution in [2.24, 2.45) is 11.3 Å². The van der Waals surface area contributed by atoms with E-state index in [1.54, 1.807) is 0 Å². The van der Waals surface area contributed by atoms with E-state index >= 15 is 0 Å². The van der Waals surface area contributed by atoms with Crippen LogP contribution in [0.15, 0.2) is 12.2 Å². The van der Waals surface area contributed by atoms with Crippen molar-refractivity contribution in [1.29, 1.82) is 0 Å². The number of hydrogen-bond acceptors (Lipinski definition) is 1. The lowest BCUT2D eigenvalue weighted by Gasteiger charge is -2.41. The van der Waals surface area contributed by atoms with Crippen LogP contribution in [0, 0.1) is 11.3 Å². The van der Waals surface area contributed by atoms with Crippen LogP contribution < -0.4 is 0 Å². The van der Waals surface area contributed by atoms with Crippen LogP contribution in [-0.4, -0.2) is 12.2 Å². The monoisotopic (exact) mass is 182 g/mol. The van der Waals surface area contributed by atoms with Gasteiger partial charge in [-0.3, -0.25) is 0 Å². The molecule has 1 rings (SSSR count). The van der Waals surface area contributed by atoms with E-state index in [9.17, 15) is 0 Å². The van der Waals surface area contributed by atoms with Gasteiger partial charge >= 0.3 is 0 Å². The molecule has 1 fully saturated rings. The maximum atomic E-state index is 5.93. The molecule has 0 aromatic heterocycles. The molecule has 3 unspecified atom stereocenters. The van der Waals surface area contributed by atoms with Crippen molar-refractivity contribution in [2.75, 3.05) is 0 Å². The molecule has 0 aromatic rings. The van der Waals surface area contributed by atoms with Crippen molar-refractivity contribution in [2.45, 2.75) is 53.2 Å². The second kappa shape index (κ2) is 3.45. The molecule has 1 heteroatoms. The zero-order chi connectivity index (χ0) is 10.2. The van der Waals surface area contributed by atoms with Gasteiger partial charge < -0.3 is 4.74 Å². The molecule has 13 heavy (non-hydrogen) atoms. The van der Waals surface area contributed by atoms with Crippen LogP contribution in [0.25, 0.3) is 0 Å². The van der Waals surface area contributed by atoms with Gasteiger partial charge in [0.1, 0.15) is 0 Å². The highest BCUT2D eigenvalue weighted by Gasteiger charge is 2.34. The Balaban J connectivity index is 2.69. The van der Waals surface area contributed by atoms with E-state index in [0.717, 1.165) is 6.42 Å². The van der Waals surface area contributed by atoms with Gasteiger partial charge in [-0.05, 0) is 30.3 Å². The zero-order valence-corrected chi connectivity index (χ0v) is 9.55. The van der Waals surface area contributed by atoms with Crippen LogP contribution in [-0.2, 0) is 4.74 Å². The highest BCUT2D eigenvalue weighted by atomic mass is 16.5. The molecule has 1 heterocycles. The van der Waals surface area contributed by atoms with E-state index in [4.69, 9.17) is 4.74 Å². The Hall–Kier alpha value is -0.300. The summed E-state index contributed by atoms with van der Waals surface area (Å²) in [6, 6.07) is 0. The van der Waals surface area contributed by atoms with Crippen molar-refractivity contribution in [1.82, 2.24) is 0 Å². The van der Waals surface area contributed by atoms with E-state index in [2.05, 4.69) is 41.2 Å². The normalized spacial score (nSPS) is 36.4. The molecular weight excluding hydrogens is 160 g/mol. The lowest BCUT2D eigenvalue weighted by atomic mass is 9.79. The van der Waals surface area contributed by atoms with Gasteiger partial charge in [0.05, 0.1) is 12.2 Å². The first-order valence-electron chi connectivity index (χ1n) is 5.16. The first-order valence-corrected chi connectivity index (χ1v) is 5.16. The quantitative estimate of drug-likeness (QED) is 0.522. The van der Waals surface area contributed by atoms with E-state index in [1.165, 1.54) is 5.57 Å². The van der Waals surface area contributed by atoms with Gasteiger partial charge in [0, 0.05) is 0 Å². The predicted octanol–water partition coefficient (Wildman–Crippen LogP) is 3.40. The second-order valence-corrected chi connectivity index (χ2v) is 5.34. The largest absolute Gasteiger partial charge is 0.370 e. The van der Waals surface area contributed by atoms with Gasteiger partial charge in [-0.1, -0.05) is 34.3 Å². The maximum absolute atomic E-state index is 5.93. The third-order valence-corrected chi connectivity index (χ3v) is 3.06. The van der Waals surface area contributed by atoms with Crippen molar-refractivity contribution < 1.29 is 4.74 Å². The first-order chi connectivity index (χ1) is 5.82. The molecule has 0 spiro atoms. The summed E-state index contributed by atoms with van der Waals surface area (Å²) in [6.45, 7) is 15.1. The van der Waals surface area contributed by atoms with Crippen LogP contribution in [0.5, 0.6) is 0 Å². The molecule has 0 aromatic carbocycles. The molecule has 0 saturated carbocycles. The average Bonchev–Trinajstić information content (AvgIpc) is 1.97. The summed E-state index contributed by atoms with van der Waals surface area (Å²) in [6.07, 6.45) is 1.73. The summed E-state index contributed by atoms with van der Waals surface area (Å²) >= 11 is 0. The first kappa shape index (κ1) is 10.8. The summed E-state index contributed by atoms with van der Waals surface area (Å²) in [4.78, 5) is 0. The van der Waals surface area contributed by atoms with E-state index in [-0.39, 0.29) is 11.5 Å². The minimum Gasteiger partial charge on any atom is -0.370 e. The fraction of sp³-hybridized carbons (Fsp3) is 0.833. The second-order valence-electron chi connectivity index (χ2n) is 5.34. The smallest absolute Gasteiger partial charge is 0.0760 e. The van der Waals surface area contributed by atoms with Crippen molar-refractivity contribution in [3.8, 4) is 0 Å². The highest BCUT2D eigenvalue weighted by molar-refractivity contribution is 5.09. The van der Waals surface area contributed by atoms with Crippen molar-refractivity contribution in [3.05, 3.63) is 12.2 Å². The number of ether oxygens (including phenoxy) is 1. The van der Waals surface area contributed by atoms with E-state index in [0.29, 0.717) is 12.0 Å². The molecule has 0 N–H and O–H groups in total. The molecule has 1 aliphatic heterocycles. The Morgan fingerprint density at radius 3 is 2.23 bits per heavy atom. The Bertz CT molecular complexity index is 186. The zero-order valence-electron chi connectivity index (χ0n) is 9.55. The molecule has 0 aliphatic carbocycles. The van der Waals surface area contributed by atoms with Crippen LogP contribution in [0.3, 0.4) is 0 Å². The fourth-order valence-corrected chi connectivity index (χ4v) is 1.82. The minimum absolute atomic E-state index is 0.230. The van der Waals surface area contributed by atoms with Crippen LogP contribution in [0.4, 0.5) is 0 Å². The fourth-order valence-electron chi connectivity index (χ4n) is 1.82. The molecule has 76 valence electrons. The summed E-state index contributed by atoms with van der Waals surface area (Å²) in [5.74, 6) is 0.605. The van der Waals surface area contributed by atoms with Crippen molar-refractivity contribution >= 4 is 0 Å². The van der Waals surface area contributed by atoms with Gasteiger partial charge in [-0.25, -0.2) is 0 Å². The molecule has 1 saturated heterocycles. The third-order valence-electron chi connectivity index (χ3n) is 3.06. The molecule has 0 radical (unpaired) electrons. The Morgan fingerprint density at radius 1 is 1.31 bits per heavy atom. The van der Waals surface area contributed by atoms with Gasteiger partial charge in [0.15, 0.2) is 0 Å². The molecule has 0 amide bonds. The summed E-state index contributed by atoms with van der Waals surface area (Å²) in [5, 5.41) is 0. The topological polar surface area (TPSA) is 9.23 Å². The van der Waals surface area contributed by atoms with Gasteiger partial charge in [-0.15, -0.1) is 0 Å². The Kier molecular flexibility index (Phi) is 2.86. The molecule has 0 bridgehead atoms. The molecule has 1 aliphatic rings. The van der Waals surface area contributed by atoms with Gasteiger partial charge in [-0.2, -0.15) is 0 Å². The number of hydrogen-bond donors (Lipinski definition) is 0. The van der Waals surface area contributed by atoms with Crippen LogP contribution >= 0.6 is 0 Å².